The number of fused-ring (bicyclic) bond motifs is 1. The fraction of sp³-hybridized carbons (Fsp3) is 0.0952. The van der Waals surface area contributed by atoms with Gasteiger partial charge in [-0.15, -0.1) is 0 Å². The molecule has 1 heterocycles. The van der Waals surface area contributed by atoms with Crippen molar-refractivity contribution in [2.75, 3.05) is 10.6 Å². The molecule has 1 amide bonds. The van der Waals surface area contributed by atoms with E-state index in [1.807, 2.05) is 30.3 Å². The minimum absolute atomic E-state index is 0.187. The van der Waals surface area contributed by atoms with Crippen LogP contribution in [-0.4, -0.2) is 11.0 Å². The van der Waals surface area contributed by atoms with Gasteiger partial charge in [-0.2, -0.15) is 0 Å². The van der Waals surface area contributed by atoms with Crippen LogP contribution in [0.25, 0.3) is 0 Å². The Bertz CT molecular complexity index is 958. The molecule has 1 atom stereocenters. The summed E-state index contributed by atoms with van der Waals surface area (Å²) in [6.45, 7) is 0. The van der Waals surface area contributed by atoms with Crippen molar-refractivity contribution in [2.45, 2.75) is 12.0 Å². The van der Waals surface area contributed by atoms with Crippen LogP contribution < -0.4 is 10.6 Å². The Morgan fingerprint density at radius 3 is 2.38 bits per heavy atom. The molecule has 0 fully saturated rings. The number of hydrogen-bond donors (Lipinski definition) is 3. The zero-order valence-electron chi connectivity index (χ0n) is 13.9. The first kappa shape index (κ1) is 16.3. The van der Waals surface area contributed by atoms with Crippen LogP contribution >= 0.6 is 0 Å². The Balaban J connectivity index is 1.66. The Hall–Kier alpha value is -3.18. The second-order valence-corrected chi connectivity index (χ2v) is 6.37. The van der Waals surface area contributed by atoms with Gasteiger partial charge in [0.1, 0.15) is 5.82 Å². The third-order valence-corrected chi connectivity index (χ3v) is 4.52. The molecule has 0 saturated carbocycles. The van der Waals surface area contributed by atoms with Gasteiger partial charge in [-0.1, -0.05) is 30.3 Å². The lowest BCUT2D eigenvalue weighted by atomic mass is 9.88. The average molecular weight is 348 g/mol. The van der Waals surface area contributed by atoms with Crippen molar-refractivity contribution in [1.29, 1.82) is 0 Å². The molecule has 0 saturated heterocycles. The summed E-state index contributed by atoms with van der Waals surface area (Å²) in [6, 6.07) is 20.7. The van der Waals surface area contributed by atoms with Crippen LogP contribution in [0.4, 0.5) is 21.5 Å². The third-order valence-electron chi connectivity index (χ3n) is 4.52. The van der Waals surface area contributed by atoms with Crippen LogP contribution in [0.5, 0.6) is 0 Å². The summed E-state index contributed by atoms with van der Waals surface area (Å²) in [6.07, 6.45) is 0.187. The van der Waals surface area contributed by atoms with E-state index in [1.54, 1.807) is 30.3 Å². The summed E-state index contributed by atoms with van der Waals surface area (Å²) in [5.41, 5.74) is 1.79. The van der Waals surface area contributed by atoms with Crippen LogP contribution in [0.15, 0.2) is 72.8 Å². The van der Waals surface area contributed by atoms with E-state index in [1.165, 1.54) is 12.1 Å². The Labute approximate surface area is 150 Å². The van der Waals surface area contributed by atoms with Gasteiger partial charge in [-0.3, -0.25) is 4.79 Å². The molecule has 0 aromatic heterocycles. The van der Waals surface area contributed by atoms with E-state index in [2.05, 4.69) is 10.6 Å². The topological polar surface area (TPSA) is 61.4 Å². The lowest BCUT2D eigenvalue weighted by molar-refractivity contribution is -0.133. The average Bonchev–Trinajstić information content (AvgIpc) is 2.88. The molecule has 3 aromatic rings. The van der Waals surface area contributed by atoms with Gasteiger partial charge in [0.2, 0.25) is 0 Å². The van der Waals surface area contributed by atoms with Crippen molar-refractivity contribution in [3.63, 3.8) is 0 Å². The van der Waals surface area contributed by atoms with Crippen molar-refractivity contribution in [3.05, 3.63) is 89.7 Å². The fourth-order valence-corrected chi connectivity index (χ4v) is 3.19. The summed E-state index contributed by atoms with van der Waals surface area (Å²) >= 11 is 0. The number of rotatable bonds is 4. The summed E-state index contributed by atoms with van der Waals surface area (Å²) in [7, 11) is 0. The normalized spacial score (nSPS) is 18.3. The second kappa shape index (κ2) is 6.28. The molecule has 1 aliphatic rings. The molecular weight excluding hydrogens is 331 g/mol. The van der Waals surface area contributed by atoms with E-state index >= 15 is 0 Å². The number of carbonyl (C=O) groups excluding carboxylic acids is 1. The second-order valence-electron chi connectivity index (χ2n) is 6.37. The quantitative estimate of drug-likeness (QED) is 0.669. The molecule has 0 aliphatic carbocycles. The van der Waals surface area contributed by atoms with E-state index in [9.17, 15) is 14.3 Å². The van der Waals surface area contributed by atoms with Crippen molar-refractivity contribution in [1.82, 2.24) is 0 Å². The summed E-state index contributed by atoms with van der Waals surface area (Å²) in [5.74, 6) is -0.744. The van der Waals surface area contributed by atoms with Crippen molar-refractivity contribution in [3.8, 4) is 0 Å². The van der Waals surface area contributed by atoms with Gasteiger partial charge in [0.05, 0.1) is 0 Å². The van der Waals surface area contributed by atoms with E-state index in [0.717, 1.165) is 11.3 Å². The molecule has 130 valence electrons. The number of hydrogen-bond acceptors (Lipinski definition) is 3. The Morgan fingerprint density at radius 2 is 1.65 bits per heavy atom. The van der Waals surface area contributed by atoms with Crippen molar-refractivity contribution in [2.24, 2.45) is 0 Å². The first-order chi connectivity index (χ1) is 12.5. The zero-order valence-corrected chi connectivity index (χ0v) is 13.9. The maximum absolute atomic E-state index is 13.1. The van der Waals surface area contributed by atoms with Crippen LogP contribution in [-0.2, 0) is 16.8 Å². The molecule has 0 spiro atoms. The predicted molar refractivity (Wildman–Crippen MR) is 98.8 cm³/mol. The van der Waals surface area contributed by atoms with Crippen molar-refractivity contribution < 1.29 is 14.3 Å². The lowest BCUT2D eigenvalue weighted by Crippen LogP contribution is -2.36. The summed E-state index contributed by atoms with van der Waals surface area (Å²) < 4.78 is 13.1. The minimum Gasteiger partial charge on any atom is -0.375 e. The Morgan fingerprint density at radius 1 is 0.962 bits per heavy atom. The molecule has 26 heavy (non-hydrogen) atoms. The molecule has 3 N–H and O–H groups in total. The van der Waals surface area contributed by atoms with E-state index < -0.39 is 11.5 Å². The minimum atomic E-state index is -1.63. The number of amides is 1. The number of nitrogens with one attached hydrogen (secondary N) is 2. The van der Waals surface area contributed by atoms with Gasteiger partial charge in [0.15, 0.2) is 5.60 Å². The molecule has 5 heteroatoms. The van der Waals surface area contributed by atoms with E-state index in [-0.39, 0.29) is 12.2 Å². The lowest BCUT2D eigenvalue weighted by Gasteiger charge is -2.21. The van der Waals surface area contributed by atoms with Crippen LogP contribution in [0.2, 0.25) is 0 Å². The largest absolute Gasteiger partial charge is 0.375 e. The number of benzene rings is 3. The molecule has 0 bridgehead atoms. The number of aliphatic hydroxyl groups is 1. The highest BCUT2D eigenvalue weighted by Gasteiger charge is 2.45. The highest BCUT2D eigenvalue weighted by molar-refractivity contribution is 6.05. The predicted octanol–water partition coefficient (Wildman–Crippen LogP) is 3.95. The third kappa shape index (κ3) is 2.93. The summed E-state index contributed by atoms with van der Waals surface area (Å²) in [5, 5.41) is 17.0. The molecule has 3 aromatic carbocycles. The monoisotopic (exact) mass is 348 g/mol. The number of anilines is 3. The smallest absolute Gasteiger partial charge is 0.261 e. The molecule has 0 radical (unpaired) electrons. The highest BCUT2D eigenvalue weighted by atomic mass is 19.1. The van der Waals surface area contributed by atoms with Crippen molar-refractivity contribution >= 4 is 23.0 Å². The SMILES string of the molecule is O=C1Nc2ccc(Nc3ccc(F)cc3)cc2C1(O)Cc1ccccc1. The maximum Gasteiger partial charge on any atom is 0.261 e. The number of halogens is 1. The molecule has 4 nitrogen and oxygen atoms in total. The summed E-state index contributed by atoms with van der Waals surface area (Å²) in [4.78, 5) is 12.4. The van der Waals surface area contributed by atoms with Crippen LogP contribution in [0.3, 0.4) is 0 Å². The van der Waals surface area contributed by atoms with Gasteiger partial charge in [0.25, 0.3) is 5.91 Å². The molecular formula is C21H17FN2O2. The zero-order chi connectivity index (χ0) is 18.1. The van der Waals surface area contributed by atoms with Gasteiger partial charge in [0, 0.05) is 29.0 Å². The molecule has 1 aliphatic heterocycles. The standard InChI is InChI=1S/C21H17FN2O2/c22-15-6-8-16(9-7-15)23-17-10-11-19-18(12-17)21(26,20(25)24-19)13-14-4-2-1-3-5-14/h1-12,23,26H,13H2,(H,24,25). The van der Waals surface area contributed by atoms with Gasteiger partial charge in [-0.05, 0) is 48.0 Å². The Kier molecular flexibility index (Phi) is 3.93. The maximum atomic E-state index is 13.1. The van der Waals surface area contributed by atoms with Gasteiger partial charge < -0.3 is 15.7 Å². The van der Waals surface area contributed by atoms with Crippen LogP contribution in [0, 0.1) is 5.82 Å². The molecule has 4 rings (SSSR count). The fourth-order valence-electron chi connectivity index (χ4n) is 3.19. The first-order valence-electron chi connectivity index (χ1n) is 8.29. The van der Waals surface area contributed by atoms with E-state index in [0.29, 0.717) is 16.9 Å². The van der Waals surface area contributed by atoms with Gasteiger partial charge in [-0.25, -0.2) is 4.39 Å². The van der Waals surface area contributed by atoms with Gasteiger partial charge >= 0.3 is 0 Å². The first-order valence-corrected chi connectivity index (χ1v) is 8.29. The highest BCUT2D eigenvalue weighted by Crippen LogP contribution is 2.40. The van der Waals surface area contributed by atoms with Crippen LogP contribution in [0.1, 0.15) is 11.1 Å². The van der Waals surface area contributed by atoms with E-state index in [4.69, 9.17) is 0 Å². The molecule has 1 unspecified atom stereocenters. The number of carbonyl (C=O) groups is 1.